The van der Waals surface area contributed by atoms with Crippen LogP contribution in [0.25, 0.3) is 22.2 Å². The summed E-state index contributed by atoms with van der Waals surface area (Å²) in [6.07, 6.45) is 2.53. The number of aromatic carboxylic acids is 1. The van der Waals surface area contributed by atoms with Crippen molar-refractivity contribution < 1.29 is 19.7 Å². The maximum Gasteiger partial charge on any atom is 0.345 e. The molecule has 0 amide bonds. The largest absolute Gasteiger partial charge is 0.503 e. The summed E-state index contributed by atoms with van der Waals surface area (Å²) in [4.78, 5) is 25.8. The number of pyridine rings is 1. The molecule has 3 heterocycles. The van der Waals surface area contributed by atoms with Crippen molar-refractivity contribution in [1.82, 2.24) is 9.55 Å². The number of H-pyrrole nitrogens is 1. The first-order chi connectivity index (χ1) is 11.5. The highest BCUT2D eigenvalue weighted by Gasteiger charge is 2.27. The van der Waals surface area contributed by atoms with Crippen molar-refractivity contribution in [2.24, 2.45) is 7.05 Å². The Morgan fingerprint density at radius 3 is 2.88 bits per heavy atom. The van der Waals surface area contributed by atoms with Crippen molar-refractivity contribution in [3.05, 3.63) is 45.9 Å². The second-order valence-electron chi connectivity index (χ2n) is 5.74. The highest BCUT2D eigenvalue weighted by molar-refractivity contribution is 5.95. The van der Waals surface area contributed by atoms with Gasteiger partial charge < -0.3 is 24.5 Å². The third-order valence-corrected chi connectivity index (χ3v) is 4.41. The van der Waals surface area contributed by atoms with Crippen LogP contribution in [0.5, 0.6) is 11.5 Å². The number of nitrogens with zero attached hydrogens (tertiary/aromatic N) is 1. The average molecular weight is 326 g/mol. The molecule has 7 nitrogen and oxygen atoms in total. The van der Waals surface area contributed by atoms with Crippen LogP contribution < -0.4 is 10.3 Å². The van der Waals surface area contributed by atoms with Crippen LogP contribution in [0.4, 0.5) is 0 Å². The Kier molecular flexibility index (Phi) is 2.93. The average Bonchev–Trinajstić information content (AvgIpc) is 2.80. The Morgan fingerprint density at radius 1 is 1.33 bits per heavy atom. The highest BCUT2D eigenvalue weighted by Crippen LogP contribution is 2.42. The molecule has 1 aromatic carbocycles. The molecule has 0 radical (unpaired) electrons. The Labute approximate surface area is 135 Å². The number of carbonyl (C=O) groups is 1. The predicted octanol–water partition coefficient (Wildman–Crippen LogP) is 1.87. The van der Waals surface area contributed by atoms with E-state index in [1.807, 2.05) is 36.0 Å². The highest BCUT2D eigenvalue weighted by atomic mass is 16.5. The molecule has 0 spiro atoms. The third-order valence-electron chi connectivity index (χ3n) is 4.41. The van der Waals surface area contributed by atoms with Gasteiger partial charge in [0, 0.05) is 36.1 Å². The fraction of sp³-hybridized carbons (Fsp3) is 0.176. The fourth-order valence-electron chi connectivity index (χ4n) is 3.27. The van der Waals surface area contributed by atoms with E-state index in [0.29, 0.717) is 12.1 Å². The third kappa shape index (κ3) is 1.84. The van der Waals surface area contributed by atoms with Crippen molar-refractivity contribution in [1.29, 1.82) is 0 Å². The first-order valence-electron chi connectivity index (χ1n) is 7.41. The maximum atomic E-state index is 12.1. The zero-order valence-corrected chi connectivity index (χ0v) is 12.8. The molecule has 1 aliphatic rings. The van der Waals surface area contributed by atoms with Crippen LogP contribution >= 0.6 is 0 Å². The van der Waals surface area contributed by atoms with E-state index in [2.05, 4.69) is 4.98 Å². The number of aromatic amines is 1. The standard InChI is InChI=1S/C17H14N2O5/c1-19-6-4-9-8-5-7-24-15-13(10(8)2-3-11(9)19)18-16(21)12(14(15)20)17(22)23/h2-4,6H,5,7H2,1H3,(H,22,23)(H2,18,20,21). The number of aromatic hydroxyl groups is 1. The van der Waals surface area contributed by atoms with Gasteiger partial charge in [0.05, 0.1) is 12.3 Å². The van der Waals surface area contributed by atoms with Crippen molar-refractivity contribution >= 4 is 16.9 Å². The van der Waals surface area contributed by atoms with Crippen LogP contribution in [0.3, 0.4) is 0 Å². The van der Waals surface area contributed by atoms with Crippen LogP contribution in [0.15, 0.2) is 29.2 Å². The number of aryl methyl sites for hydroxylation is 1. The molecule has 7 heteroatoms. The van der Waals surface area contributed by atoms with Gasteiger partial charge in [-0.1, -0.05) is 6.07 Å². The molecule has 0 unspecified atom stereocenters. The lowest BCUT2D eigenvalue weighted by Crippen LogP contribution is -2.19. The number of aromatic nitrogens is 2. The lowest BCUT2D eigenvalue weighted by atomic mass is 9.97. The predicted molar refractivity (Wildman–Crippen MR) is 86.8 cm³/mol. The van der Waals surface area contributed by atoms with Gasteiger partial charge in [0.25, 0.3) is 5.56 Å². The summed E-state index contributed by atoms with van der Waals surface area (Å²) < 4.78 is 7.57. The van der Waals surface area contributed by atoms with Crippen molar-refractivity contribution in [2.75, 3.05) is 6.61 Å². The minimum Gasteiger partial charge on any atom is -0.503 e. The van der Waals surface area contributed by atoms with E-state index in [9.17, 15) is 14.7 Å². The smallest absolute Gasteiger partial charge is 0.345 e. The first-order valence-corrected chi connectivity index (χ1v) is 7.41. The summed E-state index contributed by atoms with van der Waals surface area (Å²) >= 11 is 0. The quantitative estimate of drug-likeness (QED) is 0.633. The zero-order chi connectivity index (χ0) is 17.0. The summed E-state index contributed by atoms with van der Waals surface area (Å²) in [5.74, 6) is -2.13. The Balaban J connectivity index is 2.08. The van der Waals surface area contributed by atoms with Crippen molar-refractivity contribution in [3.63, 3.8) is 0 Å². The van der Waals surface area contributed by atoms with Crippen LogP contribution in [0.1, 0.15) is 15.9 Å². The van der Waals surface area contributed by atoms with Gasteiger partial charge in [-0.2, -0.15) is 0 Å². The van der Waals surface area contributed by atoms with Gasteiger partial charge in [-0.3, -0.25) is 4.79 Å². The number of nitrogens with one attached hydrogen (secondary N) is 1. The van der Waals surface area contributed by atoms with E-state index in [1.54, 1.807) is 0 Å². The van der Waals surface area contributed by atoms with Crippen molar-refractivity contribution in [3.8, 4) is 22.8 Å². The Morgan fingerprint density at radius 2 is 2.12 bits per heavy atom. The number of rotatable bonds is 1. The lowest BCUT2D eigenvalue weighted by Gasteiger charge is -2.12. The van der Waals surface area contributed by atoms with Crippen LogP contribution in [0.2, 0.25) is 0 Å². The van der Waals surface area contributed by atoms with E-state index in [-0.39, 0.29) is 12.4 Å². The first kappa shape index (κ1) is 14.4. The summed E-state index contributed by atoms with van der Waals surface area (Å²) in [6, 6.07) is 5.76. The normalized spacial score (nSPS) is 13.0. The summed E-state index contributed by atoms with van der Waals surface area (Å²) in [7, 11) is 1.95. The van der Waals surface area contributed by atoms with E-state index in [4.69, 9.17) is 9.84 Å². The molecule has 0 aliphatic carbocycles. The Hall–Kier alpha value is -3.22. The number of ether oxygens (including phenoxy) is 1. The second kappa shape index (κ2) is 4.89. The second-order valence-corrected chi connectivity index (χ2v) is 5.74. The molecule has 3 aromatic rings. The van der Waals surface area contributed by atoms with Gasteiger partial charge >= 0.3 is 5.97 Å². The lowest BCUT2D eigenvalue weighted by molar-refractivity contribution is 0.0690. The SMILES string of the molecule is Cn1ccc2c3c(ccc21)-c1[nH]c(=O)c(C(=O)O)c(O)c1OCC3. The summed E-state index contributed by atoms with van der Waals surface area (Å²) in [5.41, 5.74) is 1.50. The molecule has 4 rings (SSSR count). The van der Waals surface area contributed by atoms with E-state index in [0.717, 1.165) is 22.0 Å². The number of carboxylic acid groups (broad SMARTS) is 1. The van der Waals surface area contributed by atoms with Gasteiger partial charge in [-0.05, 0) is 17.7 Å². The topological polar surface area (TPSA) is 105 Å². The molecular weight excluding hydrogens is 312 g/mol. The van der Waals surface area contributed by atoms with Gasteiger partial charge in [0.15, 0.2) is 17.1 Å². The minimum atomic E-state index is -1.50. The van der Waals surface area contributed by atoms with Crippen LogP contribution in [-0.4, -0.2) is 32.3 Å². The molecule has 122 valence electrons. The van der Waals surface area contributed by atoms with E-state index < -0.39 is 22.8 Å². The van der Waals surface area contributed by atoms with Gasteiger partial charge in [0.1, 0.15) is 0 Å². The monoisotopic (exact) mass is 326 g/mol. The number of fused-ring (bicyclic) bond motifs is 5. The summed E-state index contributed by atoms with van der Waals surface area (Å²) in [6.45, 7) is 0.271. The molecule has 0 atom stereocenters. The number of benzene rings is 1. The number of hydrogen-bond donors (Lipinski definition) is 3. The molecule has 1 aliphatic heterocycles. The molecule has 24 heavy (non-hydrogen) atoms. The zero-order valence-electron chi connectivity index (χ0n) is 12.8. The molecule has 0 saturated carbocycles. The van der Waals surface area contributed by atoms with Crippen molar-refractivity contribution in [2.45, 2.75) is 6.42 Å². The van der Waals surface area contributed by atoms with E-state index in [1.165, 1.54) is 0 Å². The molecule has 3 N–H and O–H groups in total. The van der Waals surface area contributed by atoms with Gasteiger partial charge in [-0.15, -0.1) is 0 Å². The maximum absolute atomic E-state index is 12.1. The van der Waals surface area contributed by atoms with Crippen LogP contribution in [0, 0.1) is 0 Å². The van der Waals surface area contributed by atoms with Crippen LogP contribution in [-0.2, 0) is 13.5 Å². The fourth-order valence-corrected chi connectivity index (χ4v) is 3.27. The molecule has 0 saturated heterocycles. The Bertz CT molecular complexity index is 1060. The number of carboxylic acids is 1. The molecule has 0 bridgehead atoms. The van der Waals surface area contributed by atoms with Gasteiger partial charge in [-0.25, -0.2) is 4.79 Å². The minimum absolute atomic E-state index is 0.000955. The summed E-state index contributed by atoms with van der Waals surface area (Å²) in [5, 5.41) is 20.4. The van der Waals surface area contributed by atoms with Gasteiger partial charge in [0.2, 0.25) is 0 Å². The number of hydrogen-bond acceptors (Lipinski definition) is 4. The molecule has 2 aromatic heterocycles. The van der Waals surface area contributed by atoms with E-state index >= 15 is 0 Å². The molecular formula is C17H14N2O5. The molecule has 0 fully saturated rings.